The molecule has 1 N–H and O–H groups in total. The summed E-state index contributed by atoms with van der Waals surface area (Å²) >= 11 is 1.25. The second-order valence-corrected chi connectivity index (χ2v) is 8.87. The highest BCUT2D eigenvalue weighted by atomic mass is 32.2. The maximum atomic E-state index is 13.2. The molecule has 2 unspecified atom stereocenters. The lowest BCUT2D eigenvalue weighted by molar-refractivity contribution is -0.120. The van der Waals surface area contributed by atoms with Gasteiger partial charge in [-0.05, 0) is 31.5 Å². The van der Waals surface area contributed by atoms with Gasteiger partial charge >= 0.3 is 0 Å². The maximum Gasteiger partial charge on any atom is 0.233 e. The van der Waals surface area contributed by atoms with Crippen molar-refractivity contribution < 1.29 is 9.18 Å². The number of benzene rings is 3. The molecule has 4 rings (SSSR count). The summed E-state index contributed by atoms with van der Waals surface area (Å²) in [5, 5.41) is 11.7. The van der Waals surface area contributed by atoms with Crippen LogP contribution in [0.15, 0.2) is 90.1 Å². The predicted molar refractivity (Wildman–Crippen MR) is 129 cm³/mol. The van der Waals surface area contributed by atoms with Crippen LogP contribution >= 0.6 is 11.8 Å². The molecule has 0 radical (unpaired) electrons. The van der Waals surface area contributed by atoms with E-state index in [1.54, 1.807) is 19.1 Å². The quantitative estimate of drug-likeness (QED) is 0.360. The Hall–Kier alpha value is -3.58. The Morgan fingerprint density at radius 1 is 0.818 bits per heavy atom. The van der Waals surface area contributed by atoms with Gasteiger partial charge in [0.05, 0.1) is 11.3 Å². The van der Waals surface area contributed by atoms with Crippen LogP contribution in [-0.2, 0) is 4.79 Å². The Morgan fingerprint density at radius 3 is 2.00 bits per heavy atom. The number of hydrogen-bond acceptors (Lipinski definition) is 5. The number of hydrogen-bond donors (Lipinski definition) is 1. The molecule has 5 nitrogen and oxygen atoms in total. The van der Waals surface area contributed by atoms with E-state index in [-0.39, 0.29) is 17.8 Å². The van der Waals surface area contributed by atoms with Crippen LogP contribution in [-0.4, -0.2) is 26.3 Å². The molecule has 3 aromatic carbocycles. The summed E-state index contributed by atoms with van der Waals surface area (Å²) < 4.78 is 13.2. The van der Waals surface area contributed by atoms with E-state index in [1.807, 2.05) is 67.6 Å². The van der Waals surface area contributed by atoms with Gasteiger partial charge in [-0.3, -0.25) is 4.79 Å². The molecule has 1 aromatic heterocycles. The van der Waals surface area contributed by atoms with Crippen molar-refractivity contribution in [2.45, 2.75) is 30.3 Å². The maximum absolute atomic E-state index is 13.2. The van der Waals surface area contributed by atoms with E-state index < -0.39 is 5.25 Å². The average molecular weight is 459 g/mol. The monoisotopic (exact) mass is 458 g/mol. The minimum absolute atomic E-state index is 0.158. The molecule has 2 atom stereocenters. The van der Waals surface area contributed by atoms with Crippen molar-refractivity contribution in [2.24, 2.45) is 0 Å². The zero-order chi connectivity index (χ0) is 23.2. The number of thioether (sulfide) groups is 1. The third-order valence-corrected chi connectivity index (χ3v) is 6.09. The lowest BCUT2D eigenvalue weighted by atomic mass is 10.0. The van der Waals surface area contributed by atoms with E-state index in [4.69, 9.17) is 4.98 Å². The highest BCUT2D eigenvalue weighted by Gasteiger charge is 2.21. The molecule has 0 spiro atoms. The molecular weight excluding hydrogens is 435 g/mol. The Labute approximate surface area is 196 Å². The standard InChI is InChI=1S/C26H23FN4OS/c1-17(19-13-15-22(27)16-14-19)28-25(32)18(2)33-26-29-23(20-9-5-3-6-10-20)24(30-31-26)21-11-7-4-8-12-21/h3-18H,1-2H3,(H,28,32). The first-order valence-electron chi connectivity index (χ1n) is 10.6. The normalized spacial score (nSPS) is 12.7. The van der Waals surface area contributed by atoms with Crippen LogP contribution in [0.4, 0.5) is 4.39 Å². The Kier molecular flexibility index (Phi) is 7.10. The molecule has 1 amide bonds. The van der Waals surface area contributed by atoms with Gasteiger partial charge in [0.2, 0.25) is 11.1 Å². The van der Waals surface area contributed by atoms with Crippen LogP contribution in [0.2, 0.25) is 0 Å². The van der Waals surface area contributed by atoms with Crippen molar-refractivity contribution in [3.63, 3.8) is 0 Å². The summed E-state index contributed by atoms with van der Waals surface area (Å²) in [4.78, 5) is 17.5. The zero-order valence-corrected chi connectivity index (χ0v) is 19.1. The fraction of sp³-hybridized carbons (Fsp3) is 0.154. The molecule has 166 valence electrons. The van der Waals surface area contributed by atoms with Crippen LogP contribution in [0.3, 0.4) is 0 Å². The molecule has 0 aliphatic carbocycles. The molecule has 0 saturated carbocycles. The van der Waals surface area contributed by atoms with E-state index in [2.05, 4.69) is 15.5 Å². The molecule has 0 bridgehead atoms. The number of aromatic nitrogens is 3. The van der Waals surface area contributed by atoms with Crippen LogP contribution in [0.1, 0.15) is 25.5 Å². The largest absolute Gasteiger partial charge is 0.349 e. The van der Waals surface area contributed by atoms with Gasteiger partial charge in [-0.1, -0.05) is 84.6 Å². The molecule has 0 aliphatic rings. The van der Waals surface area contributed by atoms with Gasteiger partial charge in [0, 0.05) is 11.1 Å². The Bertz CT molecular complexity index is 1220. The van der Waals surface area contributed by atoms with Gasteiger partial charge in [-0.2, -0.15) is 0 Å². The highest BCUT2D eigenvalue weighted by molar-refractivity contribution is 8.00. The fourth-order valence-electron chi connectivity index (χ4n) is 3.33. The minimum Gasteiger partial charge on any atom is -0.349 e. The smallest absolute Gasteiger partial charge is 0.233 e. The number of carbonyl (C=O) groups excluding carboxylic acids is 1. The zero-order valence-electron chi connectivity index (χ0n) is 18.3. The van der Waals surface area contributed by atoms with E-state index in [1.165, 1.54) is 23.9 Å². The highest BCUT2D eigenvalue weighted by Crippen LogP contribution is 2.30. The van der Waals surface area contributed by atoms with Crippen molar-refractivity contribution in [3.8, 4) is 22.5 Å². The van der Waals surface area contributed by atoms with Crippen LogP contribution < -0.4 is 5.32 Å². The lowest BCUT2D eigenvalue weighted by Gasteiger charge is -2.17. The molecule has 4 aromatic rings. The summed E-state index contributed by atoms with van der Waals surface area (Å²) in [5.41, 5.74) is 4.08. The summed E-state index contributed by atoms with van der Waals surface area (Å²) in [6.07, 6.45) is 0. The third-order valence-electron chi connectivity index (χ3n) is 5.14. The molecule has 33 heavy (non-hydrogen) atoms. The number of nitrogens with zero attached hydrogens (tertiary/aromatic N) is 3. The van der Waals surface area contributed by atoms with Crippen molar-refractivity contribution in [1.29, 1.82) is 0 Å². The van der Waals surface area contributed by atoms with Gasteiger partial charge in [0.15, 0.2) is 0 Å². The summed E-state index contributed by atoms with van der Waals surface area (Å²) in [6, 6.07) is 25.4. The van der Waals surface area contributed by atoms with E-state index in [9.17, 15) is 9.18 Å². The summed E-state index contributed by atoms with van der Waals surface area (Å²) in [5.74, 6) is -0.465. The van der Waals surface area contributed by atoms with Crippen LogP contribution in [0.5, 0.6) is 0 Å². The predicted octanol–water partition coefficient (Wildman–Crippen LogP) is 5.70. The van der Waals surface area contributed by atoms with Crippen molar-refractivity contribution in [2.75, 3.05) is 0 Å². The molecule has 0 saturated heterocycles. The Balaban J connectivity index is 1.54. The molecular formula is C26H23FN4OS. The molecule has 1 heterocycles. The lowest BCUT2D eigenvalue weighted by Crippen LogP contribution is -2.33. The number of rotatable bonds is 7. The first kappa shape index (κ1) is 22.6. The summed E-state index contributed by atoms with van der Waals surface area (Å²) in [6.45, 7) is 3.66. The molecule has 7 heteroatoms. The average Bonchev–Trinajstić information content (AvgIpc) is 2.85. The van der Waals surface area contributed by atoms with E-state index >= 15 is 0 Å². The van der Waals surface area contributed by atoms with Crippen LogP contribution in [0, 0.1) is 5.82 Å². The molecule has 0 fully saturated rings. The van der Waals surface area contributed by atoms with Crippen molar-refractivity contribution in [3.05, 3.63) is 96.3 Å². The van der Waals surface area contributed by atoms with Gasteiger partial charge in [0.1, 0.15) is 17.2 Å². The summed E-state index contributed by atoms with van der Waals surface area (Å²) in [7, 11) is 0. The van der Waals surface area contributed by atoms with Crippen molar-refractivity contribution in [1.82, 2.24) is 20.5 Å². The topological polar surface area (TPSA) is 67.8 Å². The van der Waals surface area contributed by atoms with E-state index in [0.29, 0.717) is 16.5 Å². The number of carbonyl (C=O) groups is 1. The number of halogens is 1. The molecule has 0 aliphatic heterocycles. The van der Waals surface area contributed by atoms with E-state index in [0.717, 1.165) is 16.7 Å². The second kappa shape index (κ2) is 10.4. The van der Waals surface area contributed by atoms with Gasteiger partial charge < -0.3 is 5.32 Å². The SMILES string of the molecule is CC(Sc1nnc(-c2ccccc2)c(-c2ccccc2)n1)C(=O)NC(C)c1ccc(F)cc1. The van der Waals surface area contributed by atoms with Gasteiger partial charge in [-0.25, -0.2) is 9.37 Å². The second-order valence-electron chi connectivity index (χ2n) is 7.57. The van der Waals surface area contributed by atoms with Gasteiger partial charge in [-0.15, -0.1) is 10.2 Å². The number of amides is 1. The van der Waals surface area contributed by atoms with Crippen LogP contribution in [0.25, 0.3) is 22.5 Å². The van der Waals surface area contributed by atoms with Gasteiger partial charge in [0.25, 0.3) is 0 Å². The third kappa shape index (κ3) is 5.62. The minimum atomic E-state index is -0.444. The first-order valence-corrected chi connectivity index (χ1v) is 11.5. The first-order chi connectivity index (χ1) is 16.0. The van der Waals surface area contributed by atoms with Crippen molar-refractivity contribution >= 4 is 17.7 Å². The number of nitrogens with one attached hydrogen (secondary N) is 1. The fourth-order valence-corrected chi connectivity index (χ4v) is 4.05. The Morgan fingerprint density at radius 2 is 1.39 bits per heavy atom.